The van der Waals surface area contributed by atoms with Gasteiger partial charge in [-0.05, 0) is 18.2 Å². The number of benzene rings is 1. The molecule has 0 atom stereocenters. The lowest BCUT2D eigenvalue weighted by Crippen LogP contribution is -2.44. The van der Waals surface area contributed by atoms with Gasteiger partial charge >= 0.3 is 0 Å². The average molecular weight is 266 g/mol. The van der Waals surface area contributed by atoms with Crippen molar-refractivity contribution in [1.82, 2.24) is 9.99 Å². The predicted octanol–water partition coefficient (Wildman–Crippen LogP) is 1.97. The van der Waals surface area contributed by atoms with E-state index in [-0.39, 0.29) is 5.91 Å². The third-order valence-corrected chi connectivity index (χ3v) is 3.28. The molecular weight excluding hydrogens is 252 g/mol. The molecule has 1 aliphatic rings. The Labute approximate surface area is 117 Å². The second kappa shape index (κ2) is 4.77. The van der Waals surface area contributed by atoms with Crippen molar-refractivity contribution in [1.29, 1.82) is 0 Å². The maximum absolute atomic E-state index is 12.6. The third kappa shape index (κ3) is 1.75. The Morgan fingerprint density at radius 1 is 1.10 bits per heavy atom. The van der Waals surface area contributed by atoms with E-state index in [1.165, 1.54) is 0 Å². The number of rotatable bonds is 2. The summed E-state index contributed by atoms with van der Waals surface area (Å²) < 4.78 is 0. The van der Waals surface area contributed by atoms with Crippen LogP contribution in [0.15, 0.2) is 53.7 Å². The van der Waals surface area contributed by atoms with Crippen LogP contribution in [0.2, 0.25) is 0 Å². The zero-order valence-corrected chi connectivity index (χ0v) is 11.3. The summed E-state index contributed by atoms with van der Waals surface area (Å²) in [7, 11) is 3.49. The maximum atomic E-state index is 12.6. The number of anilines is 1. The molecule has 0 bridgehead atoms. The third-order valence-electron chi connectivity index (χ3n) is 3.28. The summed E-state index contributed by atoms with van der Waals surface area (Å²) in [6.45, 7) is 0. The summed E-state index contributed by atoms with van der Waals surface area (Å²) in [5.41, 5.74) is 1.51. The molecular formula is C15H14N4O. The molecule has 2 aromatic rings. The van der Waals surface area contributed by atoms with Gasteiger partial charge in [-0.2, -0.15) is 5.01 Å². The number of nitrogens with zero attached hydrogens (tertiary/aromatic N) is 4. The second-order valence-corrected chi connectivity index (χ2v) is 4.42. The van der Waals surface area contributed by atoms with Crippen LogP contribution in [0.4, 0.5) is 5.82 Å². The van der Waals surface area contributed by atoms with Crippen LogP contribution >= 0.6 is 0 Å². The summed E-state index contributed by atoms with van der Waals surface area (Å²) in [6.07, 6.45) is 1.70. The van der Waals surface area contributed by atoms with Crippen LogP contribution in [0, 0.1) is 0 Å². The van der Waals surface area contributed by atoms with E-state index in [1.807, 2.05) is 42.5 Å². The van der Waals surface area contributed by atoms with Crippen molar-refractivity contribution < 1.29 is 4.79 Å². The van der Waals surface area contributed by atoms with Crippen molar-refractivity contribution in [2.24, 2.45) is 4.99 Å². The van der Waals surface area contributed by atoms with E-state index in [1.54, 1.807) is 30.3 Å². The molecule has 0 saturated carbocycles. The highest BCUT2D eigenvalue weighted by Crippen LogP contribution is 2.26. The molecule has 0 saturated heterocycles. The minimum Gasteiger partial charge on any atom is -0.270 e. The van der Waals surface area contributed by atoms with Gasteiger partial charge in [-0.1, -0.05) is 24.3 Å². The molecule has 0 spiro atoms. The molecule has 0 radical (unpaired) electrons. The van der Waals surface area contributed by atoms with E-state index in [0.29, 0.717) is 17.2 Å². The van der Waals surface area contributed by atoms with E-state index in [2.05, 4.69) is 9.98 Å². The van der Waals surface area contributed by atoms with Crippen molar-refractivity contribution >= 4 is 17.6 Å². The number of pyridine rings is 1. The molecule has 0 aliphatic carbocycles. The first-order chi connectivity index (χ1) is 9.74. The number of hydrazine groups is 1. The number of carbonyl (C=O) groups is 1. The first-order valence-electron chi connectivity index (χ1n) is 6.29. The minimum absolute atomic E-state index is 0.0886. The van der Waals surface area contributed by atoms with Crippen LogP contribution in [-0.4, -0.2) is 35.8 Å². The fraction of sp³-hybridized carbons (Fsp3) is 0.133. The van der Waals surface area contributed by atoms with Gasteiger partial charge in [0, 0.05) is 25.9 Å². The standard InChI is InChI=1S/C15H14N4O/c1-16-14-11-7-3-4-8-12(11)15(20)19(14)18(2)13-9-5-6-10-17-13/h3-10H,1-2H3. The highest BCUT2D eigenvalue weighted by atomic mass is 16.2. The Morgan fingerprint density at radius 2 is 1.80 bits per heavy atom. The van der Waals surface area contributed by atoms with Crippen molar-refractivity contribution in [2.75, 3.05) is 19.1 Å². The molecule has 100 valence electrons. The fourth-order valence-electron chi connectivity index (χ4n) is 2.33. The van der Waals surface area contributed by atoms with Gasteiger partial charge in [0.05, 0.1) is 5.56 Å². The lowest BCUT2D eigenvalue weighted by atomic mass is 10.1. The SMILES string of the molecule is CN=C1c2ccccc2C(=O)N1N(C)c1ccccn1. The van der Waals surface area contributed by atoms with Gasteiger partial charge in [0.15, 0.2) is 5.84 Å². The number of aliphatic imine (C=N–C) groups is 1. The number of amidine groups is 1. The lowest BCUT2D eigenvalue weighted by Gasteiger charge is -2.28. The smallest absolute Gasteiger partial charge is 0.270 e. The number of fused-ring (bicyclic) bond motifs is 1. The molecule has 5 heteroatoms. The topological polar surface area (TPSA) is 48.8 Å². The molecule has 5 nitrogen and oxygen atoms in total. The van der Waals surface area contributed by atoms with Crippen LogP contribution in [0.3, 0.4) is 0 Å². The first kappa shape index (κ1) is 12.3. The molecule has 3 rings (SSSR count). The largest absolute Gasteiger partial charge is 0.279 e. The number of carbonyl (C=O) groups excluding carboxylic acids is 1. The van der Waals surface area contributed by atoms with Gasteiger partial charge in [0.2, 0.25) is 0 Å². The second-order valence-electron chi connectivity index (χ2n) is 4.42. The lowest BCUT2D eigenvalue weighted by molar-refractivity contribution is 0.0853. The Hall–Kier alpha value is -2.69. The first-order valence-corrected chi connectivity index (χ1v) is 6.29. The molecule has 0 N–H and O–H groups in total. The van der Waals surface area contributed by atoms with Crippen LogP contribution in [0.1, 0.15) is 15.9 Å². The minimum atomic E-state index is -0.0886. The number of hydrogen-bond donors (Lipinski definition) is 0. The molecule has 0 fully saturated rings. The quantitative estimate of drug-likeness (QED) is 0.835. The Bertz CT molecular complexity index is 681. The van der Waals surface area contributed by atoms with Crippen molar-refractivity contribution in [3.05, 3.63) is 59.8 Å². The van der Waals surface area contributed by atoms with Crippen LogP contribution in [-0.2, 0) is 0 Å². The van der Waals surface area contributed by atoms with Crippen LogP contribution in [0.25, 0.3) is 0 Å². The molecule has 20 heavy (non-hydrogen) atoms. The molecule has 1 aliphatic heterocycles. The van der Waals surface area contributed by atoms with Crippen molar-refractivity contribution in [3.8, 4) is 0 Å². The molecule has 2 heterocycles. The van der Waals surface area contributed by atoms with Gasteiger partial charge in [0.25, 0.3) is 5.91 Å². The summed E-state index contributed by atoms with van der Waals surface area (Å²) in [5, 5.41) is 3.26. The average Bonchev–Trinajstić information content (AvgIpc) is 2.80. The van der Waals surface area contributed by atoms with E-state index >= 15 is 0 Å². The fourth-order valence-corrected chi connectivity index (χ4v) is 2.33. The summed E-state index contributed by atoms with van der Waals surface area (Å²) in [4.78, 5) is 21.1. The number of hydrogen-bond acceptors (Lipinski definition) is 4. The Morgan fingerprint density at radius 3 is 2.45 bits per heavy atom. The molecule has 0 unspecified atom stereocenters. The van der Waals surface area contributed by atoms with E-state index < -0.39 is 0 Å². The highest BCUT2D eigenvalue weighted by molar-refractivity contribution is 6.23. The van der Waals surface area contributed by atoms with Crippen LogP contribution < -0.4 is 5.01 Å². The van der Waals surface area contributed by atoms with E-state index in [4.69, 9.17) is 0 Å². The normalized spacial score (nSPS) is 15.6. The molecule has 1 aromatic carbocycles. The molecule has 1 amide bonds. The van der Waals surface area contributed by atoms with Crippen molar-refractivity contribution in [2.45, 2.75) is 0 Å². The van der Waals surface area contributed by atoms with Gasteiger partial charge in [0.1, 0.15) is 5.82 Å². The van der Waals surface area contributed by atoms with Crippen LogP contribution in [0.5, 0.6) is 0 Å². The van der Waals surface area contributed by atoms with Gasteiger partial charge < -0.3 is 0 Å². The maximum Gasteiger partial charge on any atom is 0.279 e. The summed E-state index contributed by atoms with van der Waals surface area (Å²) in [5.74, 6) is 1.24. The molecule has 1 aromatic heterocycles. The number of amides is 1. The van der Waals surface area contributed by atoms with Crippen molar-refractivity contribution in [3.63, 3.8) is 0 Å². The van der Waals surface area contributed by atoms with E-state index in [9.17, 15) is 4.79 Å². The van der Waals surface area contributed by atoms with Gasteiger partial charge in [-0.3, -0.25) is 14.8 Å². The van der Waals surface area contributed by atoms with Gasteiger partial charge in [-0.25, -0.2) is 4.98 Å². The summed E-state index contributed by atoms with van der Waals surface area (Å²) >= 11 is 0. The zero-order valence-electron chi connectivity index (χ0n) is 11.3. The number of aromatic nitrogens is 1. The monoisotopic (exact) mass is 266 g/mol. The van der Waals surface area contributed by atoms with E-state index in [0.717, 1.165) is 5.56 Å². The predicted molar refractivity (Wildman–Crippen MR) is 77.7 cm³/mol. The van der Waals surface area contributed by atoms with Gasteiger partial charge in [-0.15, -0.1) is 0 Å². The Kier molecular flexibility index (Phi) is 2.95. The zero-order chi connectivity index (χ0) is 14.1. The Balaban J connectivity index is 2.06. The highest BCUT2D eigenvalue weighted by Gasteiger charge is 2.36. The summed E-state index contributed by atoms with van der Waals surface area (Å²) in [6, 6.07) is 13.1.